The molecular weight excluding hydrogens is 398 g/mol. The van der Waals surface area contributed by atoms with E-state index in [-0.39, 0.29) is 5.91 Å². The van der Waals surface area contributed by atoms with Crippen molar-refractivity contribution in [2.24, 2.45) is 0 Å². The van der Waals surface area contributed by atoms with Gasteiger partial charge in [-0.05, 0) is 47.5 Å². The van der Waals surface area contributed by atoms with Crippen LogP contribution in [0.3, 0.4) is 0 Å². The third kappa shape index (κ3) is 4.83. The Morgan fingerprint density at radius 3 is 2.45 bits per heavy atom. The lowest BCUT2D eigenvalue weighted by Gasteiger charge is -2.07. The molecule has 0 atom stereocenters. The number of fused-ring (bicyclic) bond motifs is 1. The minimum atomic E-state index is -0.150. The average Bonchev–Trinajstić information content (AvgIpc) is 3.17. The lowest BCUT2D eigenvalue weighted by atomic mass is 10.1. The number of para-hydroxylation sites is 1. The number of thiazole rings is 1. The van der Waals surface area contributed by atoms with Gasteiger partial charge in [0.1, 0.15) is 0 Å². The minimum absolute atomic E-state index is 0.150. The van der Waals surface area contributed by atoms with Gasteiger partial charge in [-0.2, -0.15) is 5.26 Å². The van der Waals surface area contributed by atoms with Crippen molar-refractivity contribution in [3.8, 4) is 6.07 Å². The number of hydrogen-bond donors (Lipinski definition) is 1. The van der Waals surface area contributed by atoms with E-state index in [9.17, 15) is 4.79 Å². The van der Waals surface area contributed by atoms with Crippen molar-refractivity contribution in [2.45, 2.75) is 16.5 Å². The van der Waals surface area contributed by atoms with Crippen molar-refractivity contribution in [1.29, 1.82) is 5.26 Å². The van der Waals surface area contributed by atoms with E-state index in [1.165, 1.54) is 4.70 Å². The second-order valence-corrected chi connectivity index (χ2v) is 8.67. The number of hydrogen-bond acceptors (Lipinski definition) is 5. The van der Waals surface area contributed by atoms with Crippen molar-refractivity contribution in [1.82, 2.24) is 4.98 Å². The highest BCUT2D eigenvalue weighted by Gasteiger charge is 2.08. The summed E-state index contributed by atoms with van der Waals surface area (Å²) in [5.41, 5.74) is 4.44. The smallest absolute Gasteiger partial charge is 0.255 e. The third-order valence-electron chi connectivity index (χ3n) is 4.35. The molecule has 142 valence electrons. The van der Waals surface area contributed by atoms with E-state index in [4.69, 9.17) is 5.26 Å². The Labute approximate surface area is 177 Å². The van der Waals surface area contributed by atoms with Crippen molar-refractivity contribution in [2.75, 3.05) is 5.32 Å². The summed E-state index contributed by atoms with van der Waals surface area (Å²) < 4.78 is 2.25. The summed E-state index contributed by atoms with van der Waals surface area (Å²) in [5, 5.41) is 11.6. The fraction of sp³-hybridized carbons (Fsp3) is 0.0870. The quantitative estimate of drug-likeness (QED) is 0.398. The lowest BCUT2D eigenvalue weighted by Crippen LogP contribution is -2.11. The number of carbonyl (C=O) groups excluding carboxylic acids is 1. The van der Waals surface area contributed by atoms with Crippen LogP contribution in [0.5, 0.6) is 0 Å². The standard InChI is InChI=1S/C23H17N3OS2/c24-14-13-16-7-11-19(12-8-16)25-22(27)18-9-5-17(6-10-18)15-28-23-26-20-3-1-2-4-21(20)29-23/h1-12H,13,15H2,(H,25,27). The van der Waals surface area contributed by atoms with Gasteiger partial charge >= 0.3 is 0 Å². The predicted molar refractivity (Wildman–Crippen MR) is 119 cm³/mol. The number of nitrogens with one attached hydrogen (secondary N) is 1. The van der Waals surface area contributed by atoms with Gasteiger partial charge in [0.25, 0.3) is 5.91 Å². The second-order valence-electron chi connectivity index (χ2n) is 6.42. The molecule has 29 heavy (non-hydrogen) atoms. The summed E-state index contributed by atoms with van der Waals surface area (Å²) in [6.45, 7) is 0. The summed E-state index contributed by atoms with van der Waals surface area (Å²) in [4.78, 5) is 17.1. The molecule has 1 amide bonds. The molecule has 4 aromatic rings. The molecule has 0 bridgehead atoms. The van der Waals surface area contributed by atoms with Crippen molar-refractivity contribution < 1.29 is 4.79 Å². The van der Waals surface area contributed by atoms with E-state index in [1.807, 2.05) is 66.7 Å². The van der Waals surface area contributed by atoms with Crippen LogP contribution >= 0.6 is 23.1 Å². The van der Waals surface area contributed by atoms with Gasteiger partial charge in [0.15, 0.2) is 4.34 Å². The fourth-order valence-corrected chi connectivity index (χ4v) is 4.83. The molecule has 0 radical (unpaired) electrons. The SMILES string of the molecule is N#CCc1ccc(NC(=O)c2ccc(CSc3nc4ccccc4s3)cc2)cc1. The number of thioether (sulfide) groups is 1. The van der Waals surface area contributed by atoms with Crippen molar-refractivity contribution in [3.05, 3.63) is 89.5 Å². The molecule has 1 heterocycles. The molecule has 0 saturated carbocycles. The van der Waals surface area contributed by atoms with E-state index in [2.05, 4.69) is 22.4 Å². The number of aromatic nitrogens is 1. The first kappa shape index (κ1) is 19.2. The van der Waals surface area contributed by atoms with Crippen molar-refractivity contribution in [3.63, 3.8) is 0 Å². The Morgan fingerprint density at radius 1 is 1.00 bits per heavy atom. The van der Waals surface area contributed by atoms with E-state index < -0.39 is 0 Å². The van der Waals surface area contributed by atoms with Gasteiger partial charge in [0.2, 0.25) is 0 Å². The van der Waals surface area contributed by atoms with Crippen molar-refractivity contribution >= 4 is 44.9 Å². The molecule has 4 rings (SSSR count). The minimum Gasteiger partial charge on any atom is -0.322 e. The lowest BCUT2D eigenvalue weighted by molar-refractivity contribution is 0.102. The normalized spacial score (nSPS) is 10.6. The average molecular weight is 416 g/mol. The molecule has 0 fully saturated rings. The Bertz CT molecular complexity index is 1140. The number of amides is 1. The van der Waals surface area contributed by atoms with Crippen LogP contribution < -0.4 is 5.32 Å². The Hall–Kier alpha value is -3.14. The summed E-state index contributed by atoms with van der Waals surface area (Å²) in [5.74, 6) is 0.658. The van der Waals surface area contributed by atoms with Gasteiger partial charge < -0.3 is 5.32 Å². The zero-order valence-corrected chi connectivity index (χ0v) is 17.1. The summed E-state index contributed by atoms with van der Waals surface area (Å²) >= 11 is 3.41. The molecule has 0 saturated heterocycles. The second kappa shape index (κ2) is 8.91. The van der Waals surface area contributed by atoms with Crippen LogP contribution in [-0.2, 0) is 12.2 Å². The first-order valence-corrected chi connectivity index (χ1v) is 10.9. The van der Waals surface area contributed by atoms with Gasteiger partial charge in [-0.3, -0.25) is 4.79 Å². The molecule has 3 aromatic carbocycles. The van der Waals surface area contributed by atoms with Gasteiger partial charge in [0, 0.05) is 17.0 Å². The molecule has 0 aliphatic heterocycles. The molecule has 0 unspecified atom stereocenters. The van der Waals surface area contributed by atoms with Crippen LogP contribution in [-0.4, -0.2) is 10.9 Å². The molecule has 0 aliphatic carbocycles. The van der Waals surface area contributed by atoms with Crippen LogP contribution in [0, 0.1) is 11.3 Å². The number of nitriles is 1. The molecule has 1 aromatic heterocycles. The highest BCUT2D eigenvalue weighted by Crippen LogP contribution is 2.31. The monoisotopic (exact) mass is 415 g/mol. The number of anilines is 1. The summed E-state index contributed by atoms with van der Waals surface area (Å²) in [7, 11) is 0. The van der Waals surface area contributed by atoms with E-state index in [0.717, 1.165) is 26.7 Å². The van der Waals surface area contributed by atoms with Gasteiger partial charge in [-0.1, -0.05) is 48.2 Å². The Morgan fingerprint density at radius 2 is 1.72 bits per heavy atom. The van der Waals surface area contributed by atoms with Crippen LogP contribution in [0.2, 0.25) is 0 Å². The zero-order chi connectivity index (χ0) is 20.1. The highest BCUT2D eigenvalue weighted by atomic mass is 32.2. The molecule has 0 spiro atoms. The molecule has 4 nitrogen and oxygen atoms in total. The zero-order valence-electron chi connectivity index (χ0n) is 15.5. The predicted octanol–water partition coefficient (Wildman–Crippen LogP) is 5.91. The van der Waals surface area contributed by atoms with Gasteiger partial charge in [-0.15, -0.1) is 11.3 Å². The van der Waals surface area contributed by atoms with Crippen LogP contribution in [0.1, 0.15) is 21.5 Å². The molecule has 1 N–H and O–H groups in total. The molecule has 6 heteroatoms. The first-order valence-electron chi connectivity index (χ1n) is 9.06. The first-order chi connectivity index (χ1) is 14.2. The van der Waals surface area contributed by atoms with Crippen LogP contribution in [0.25, 0.3) is 10.2 Å². The largest absolute Gasteiger partial charge is 0.322 e. The van der Waals surface area contributed by atoms with E-state index >= 15 is 0 Å². The Kier molecular flexibility index (Phi) is 5.89. The fourth-order valence-electron chi connectivity index (χ4n) is 2.81. The van der Waals surface area contributed by atoms with Crippen LogP contribution in [0.15, 0.2) is 77.1 Å². The summed E-state index contributed by atoms with van der Waals surface area (Å²) in [6, 6.07) is 25.2. The summed E-state index contributed by atoms with van der Waals surface area (Å²) in [6.07, 6.45) is 0.366. The molecule has 0 aliphatic rings. The van der Waals surface area contributed by atoms with Crippen LogP contribution in [0.4, 0.5) is 5.69 Å². The van der Waals surface area contributed by atoms with Gasteiger partial charge in [0.05, 0.1) is 22.7 Å². The van der Waals surface area contributed by atoms with Gasteiger partial charge in [-0.25, -0.2) is 4.98 Å². The molecular formula is C23H17N3OS2. The number of benzene rings is 3. The highest BCUT2D eigenvalue weighted by molar-refractivity contribution is 8.00. The van der Waals surface area contributed by atoms with E-state index in [0.29, 0.717) is 17.7 Å². The third-order valence-corrected chi connectivity index (χ3v) is 6.60. The maximum atomic E-state index is 12.4. The topological polar surface area (TPSA) is 65.8 Å². The number of carbonyl (C=O) groups is 1. The maximum Gasteiger partial charge on any atom is 0.255 e. The Balaban J connectivity index is 1.35. The number of rotatable bonds is 6. The van der Waals surface area contributed by atoms with E-state index in [1.54, 1.807) is 23.1 Å². The number of nitrogens with zero attached hydrogens (tertiary/aromatic N) is 2. The maximum absolute atomic E-state index is 12.4.